The first-order valence-corrected chi connectivity index (χ1v) is 4.74. The van der Waals surface area contributed by atoms with Crippen LogP contribution < -0.4 is 5.32 Å². The van der Waals surface area contributed by atoms with E-state index >= 15 is 0 Å². The number of hydrogen-bond acceptors (Lipinski definition) is 3. The zero-order chi connectivity index (χ0) is 9.68. The van der Waals surface area contributed by atoms with E-state index in [9.17, 15) is 0 Å². The summed E-state index contributed by atoms with van der Waals surface area (Å²) >= 11 is 0. The van der Waals surface area contributed by atoms with Crippen molar-refractivity contribution in [2.45, 2.75) is 33.2 Å². The Morgan fingerprint density at radius 3 is 2.77 bits per heavy atom. The van der Waals surface area contributed by atoms with Gasteiger partial charge in [0.2, 0.25) is 0 Å². The van der Waals surface area contributed by atoms with Crippen molar-refractivity contribution < 1.29 is 0 Å². The molecule has 0 fully saturated rings. The van der Waals surface area contributed by atoms with Crippen LogP contribution >= 0.6 is 0 Å². The van der Waals surface area contributed by atoms with Crippen molar-refractivity contribution in [2.24, 2.45) is 0 Å². The van der Waals surface area contributed by atoms with E-state index in [1.807, 2.05) is 20.0 Å². The van der Waals surface area contributed by atoms with Gasteiger partial charge in [0.1, 0.15) is 5.82 Å². The van der Waals surface area contributed by atoms with Crippen molar-refractivity contribution >= 4 is 0 Å². The van der Waals surface area contributed by atoms with Gasteiger partial charge in [-0.25, -0.2) is 9.97 Å². The second kappa shape index (κ2) is 4.92. The lowest BCUT2D eigenvalue weighted by Gasteiger charge is -2.04. The highest BCUT2D eigenvalue weighted by atomic mass is 14.9. The second-order valence-corrected chi connectivity index (χ2v) is 3.20. The summed E-state index contributed by atoms with van der Waals surface area (Å²) < 4.78 is 0. The number of aryl methyl sites for hydroxylation is 2. The molecule has 0 aliphatic heterocycles. The van der Waals surface area contributed by atoms with E-state index in [0.717, 1.165) is 36.6 Å². The van der Waals surface area contributed by atoms with Crippen LogP contribution in [0.2, 0.25) is 0 Å². The van der Waals surface area contributed by atoms with Gasteiger partial charge in [-0.15, -0.1) is 0 Å². The largest absolute Gasteiger partial charge is 0.314 e. The first-order chi connectivity index (χ1) is 6.26. The van der Waals surface area contributed by atoms with E-state index in [1.54, 1.807) is 0 Å². The molecular formula is C10H17N3. The quantitative estimate of drug-likeness (QED) is 0.760. The lowest BCUT2D eigenvalue weighted by Crippen LogP contribution is -2.09. The molecule has 0 atom stereocenters. The molecule has 0 aliphatic carbocycles. The third kappa shape index (κ3) is 3.11. The second-order valence-electron chi connectivity index (χ2n) is 3.20. The third-order valence-corrected chi connectivity index (χ3v) is 1.79. The molecule has 0 saturated heterocycles. The van der Waals surface area contributed by atoms with Crippen LogP contribution in [-0.4, -0.2) is 17.0 Å². The Morgan fingerprint density at radius 2 is 2.15 bits per heavy atom. The zero-order valence-electron chi connectivity index (χ0n) is 8.59. The maximum Gasteiger partial charge on any atom is 0.128 e. The first kappa shape index (κ1) is 10.1. The van der Waals surface area contributed by atoms with Gasteiger partial charge in [0.25, 0.3) is 0 Å². The smallest absolute Gasteiger partial charge is 0.128 e. The number of nitrogens with zero attached hydrogens (tertiary/aromatic N) is 2. The minimum absolute atomic E-state index is 0.820. The van der Waals surface area contributed by atoms with Crippen molar-refractivity contribution in [3.63, 3.8) is 0 Å². The van der Waals surface area contributed by atoms with Crippen molar-refractivity contribution in [1.29, 1.82) is 0 Å². The molecule has 1 N–H and O–H groups in total. The van der Waals surface area contributed by atoms with Gasteiger partial charge in [0.05, 0.1) is 5.69 Å². The first-order valence-electron chi connectivity index (χ1n) is 4.74. The molecule has 1 aromatic rings. The summed E-state index contributed by atoms with van der Waals surface area (Å²) in [5, 5.41) is 3.09. The van der Waals surface area contributed by atoms with Crippen LogP contribution in [0.1, 0.15) is 30.6 Å². The molecule has 0 amide bonds. The predicted octanol–water partition coefficient (Wildman–Crippen LogP) is 1.46. The standard InChI is InChI=1S/C10H17N3/c1-4-5-10-12-8(2)6-9(13-10)7-11-3/h6,11H,4-5,7H2,1-3H3. The Balaban J connectivity index is 2.83. The average Bonchev–Trinajstić information content (AvgIpc) is 2.04. The van der Waals surface area contributed by atoms with Gasteiger partial charge in [0, 0.05) is 18.7 Å². The van der Waals surface area contributed by atoms with Crippen molar-refractivity contribution in [1.82, 2.24) is 15.3 Å². The molecule has 0 bridgehead atoms. The highest BCUT2D eigenvalue weighted by Gasteiger charge is 2.00. The van der Waals surface area contributed by atoms with Gasteiger partial charge >= 0.3 is 0 Å². The van der Waals surface area contributed by atoms with E-state index in [-0.39, 0.29) is 0 Å². The van der Waals surface area contributed by atoms with Gasteiger partial charge in [-0.3, -0.25) is 0 Å². The molecule has 3 heteroatoms. The average molecular weight is 179 g/mol. The van der Waals surface area contributed by atoms with Crippen molar-refractivity contribution in [2.75, 3.05) is 7.05 Å². The van der Waals surface area contributed by atoms with Crippen molar-refractivity contribution in [3.05, 3.63) is 23.3 Å². The molecule has 0 saturated carbocycles. The minimum atomic E-state index is 0.820. The van der Waals surface area contributed by atoms with Crippen LogP contribution in [0.3, 0.4) is 0 Å². The third-order valence-electron chi connectivity index (χ3n) is 1.79. The Morgan fingerprint density at radius 1 is 1.38 bits per heavy atom. The van der Waals surface area contributed by atoms with Crippen LogP contribution in [0.4, 0.5) is 0 Å². The molecular weight excluding hydrogens is 162 g/mol. The SMILES string of the molecule is CCCc1nc(C)cc(CNC)n1. The van der Waals surface area contributed by atoms with Gasteiger partial charge in [0.15, 0.2) is 0 Å². The normalized spacial score (nSPS) is 10.4. The van der Waals surface area contributed by atoms with Gasteiger partial charge in [-0.1, -0.05) is 6.92 Å². The molecule has 0 spiro atoms. The molecule has 1 rings (SSSR count). The number of rotatable bonds is 4. The van der Waals surface area contributed by atoms with Gasteiger partial charge in [-0.05, 0) is 26.5 Å². The number of nitrogens with one attached hydrogen (secondary N) is 1. The fourth-order valence-electron chi connectivity index (χ4n) is 1.31. The maximum atomic E-state index is 4.44. The van der Waals surface area contributed by atoms with Crippen LogP contribution in [0.5, 0.6) is 0 Å². The molecule has 0 aromatic carbocycles. The maximum absolute atomic E-state index is 4.44. The topological polar surface area (TPSA) is 37.8 Å². The summed E-state index contributed by atoms with van der Waals surface area (Å²) in [5.74, 6) is 0.966. The van der Waals surface area contributed by atoms with Gasteiger partial charge in [-0.2, -0.15) is 0 Å². The summed E-state index contributed by atoms with van der Waals surface area (Å²) in [6.07, 6.45) is 2.07. The molecule has 3 nitrogen and oxygen atoms in total. The fourth-order valence-corrected chi connectivity index (χ4v) is 1.31. The van der Waals surface area contributed by atoms with Crippen LogP contribution in [0.15, 0.2) is 6.07 Å². The molecule has 13 heavy (non-hydrogen) atoms. The lowest BCUT2D eigenvalue weighted by molar-refractivity contribution is 0.748. The molecule has 0 radical (unpaired) electrons. The van der Waals surface area contributed by atoms with E-state index in [0.29, 0.717) is 0 Å². The van der Waals surface area contributed by atoms with Crippen LogP contribution in [0.25, 0.3) is 0 Å². The summed E-state index contributed by atoms with van der Waals surface area (Å²) in [7, 11) is 1.93. The highest BCUT2D eigenvalue weighted by Crippen LogP contribution is 2.02. The summed E-state index contributed by atoms with van der Waals surface area (Å²) in [5.41, 5.74) is 2.14. The van der Waals surface area contributed by atoms with E-state index in [1.165, 1.54) is 0 Å². The number of hydrogen-bond donors (Lipinski definition) is 1. The Kier molecular flexibility index (Phi) is 3.83. The zero-order valence-corrected chi connectivity index (χ0v) is 8.59. The van der Waals surface area contributed by atoms with Gasteiger partial charge < -0.3 is 5.32 Å². The summed E-state index contributed by atoms with van der Waals surface area (Å²) in [6.45, 7) is 4.98. The van der Waals surface area contributed by atoms with Crippen LogP contribution in [-0.2, 0) is 13.0 Å². The molecule has 1 aromatic heterocycles. The minimum Gasteiger partial charge on any atom is -0.314 e. The van der Waals surface area contributed by atoms with E-state index in [4.69, 9.17) is 0 Å². The predicted molar refractivity (Wildman–Crippen MR) is 53.5 cm³/mol. The summed E-state index contributed by atoms with van der Waals surface area (Å²) in [4.78, 5) is 8.81. The van der Waals surface area contributed by atoms with E-state index in [2.05, 4.69) is 22.2 Å². The van der Waals surface area contributed by atoms with Crippen LogP contribution in [0, 0.1) is 6.92 Å². The fraction of sp³-hybridized carbons (Fsp3) is 0.600. The molecule has 0 aliphatic rings. The molecule has 1 heterocycles. The molecule has 72 valence electrons. The Hall–Kier alpha value is -0.960. The Labute approximate surface area is 79.6 Å². The van der Waals surface area contributed by atoms with Crippen molar-refractivity contribution in [3.8, 4) is 0 Å². The number of aromatic nitrogens is 2. The van der Waals surface area contributed by atoms with E-state index < -0.39 is 0 Å². The highest BCUT2D eigenvalue weighted by molar-refractivity contribution is 5.09. The molecule has 0 unspecified atom stereocenters. The summed E-state index contributed by atoms with van der Waals surface area (Å²) in [6, 6.07) is 2.02. The lowest BCUT2D eigenvalue weighted by atomic mass is 10.3. The monoisotopic (exact) mass is 179 g/mol. The Bertz CT molecular complexity index is 247.